The third-order valence-corrected chi connectivity index (χ3v) is 6.57. The van der Waals surface area contributed by atoms with Crippen LogP contribution >= 0.6 is 0 Å². The molecule has 1 N–H and O–H groups in total. The fourth-order valence-corrected chi connectivity index (χ4v) is 4.84. The van der Waals surface area contributed by atoms with Crippen molar-refractivity contribution in [1.82, 2.24) is 24.3 Å². The molecule has 186 valence electrons. The molecule has 3 heterocycles. The molecule has 8 nitrogen and oxygen atoms in total. The van der Waals surface area contributed by atoms with Gasteiger partial charge in [0.25, 0.3) is 0 Å². The molecule has 0 spiro atoms. The molecule has 1 aliphatic rings. The lowest BCUT2D eigenvalue weighted by Gasteiger charge is -2.34. The van der Waals surface area contributed by atoms with Crippen molar-refractivity contribution in [3.05, 3.63) is 77.2 Å². The number of piperazine rings is 1. The van der Waals surface area contributed by atoms with Crippen molar-refractivity contribution in [3.63, 3.8) is 0 Å². The molecule has 1 fully saturated rings. The van der Waals surface area contributed by atoms with Crippen molar-refractivity contribution < 1.29 is 9.53 Å². The van der Waals surface area contributed by atoms with E-state index >= 15 is 0 Å². The summed E-state index contributed by atoms with van der Waals surface area (Å²) in [6.07, 6.45) is 1.81. The van der Waals surface area contributed by atoms with Crippen LogP contribution < -0.4 is 10.1 Å². The number of rotatable bonds is 5. The molecule has 2 amide bonds. The number of aryl methyl sites for hydroxylation is 3. The first-order valence-corrected chi connectivity index (χ1v) is 12.3. The summed E-state index contributed by atoms with van der Waals surface area (Å²) in [6.45, 7) is 9.71. The number of carbonyl (C=O) groups excluding carboxylic acids is 1. The van der Waals surface area contributed by atoms with E-state index in [2.05, 4.69) is 51.8 Å². The first kappa shape index (κ1) is 23.8. The van der Waals surface area contributed by atoms with E-state index in [9.17, 15) is 4.79 Å². The highest BCUT2D eigenvalue weighted by atomic mass is 16.5. The minimum Gasteiger partial charge on any atom is -0.495 e. The highest BCUT2D eigenvalue weighted by Crippen LogP contribution is 2.26. The quantitative estimate of drug-likeness (QED) is 0.444. The lowest BCUT2D eigenvalue weighted by molar-refractivity contribution is 0.140. The van der Waals surface area contributed by atoms with Crippen molar-refractivity contribution in [2.75, 3.05) is 38.6 Å². The van der Waals surface area contributed by atoms with Crippen LogP contribution in [0.3, 0.4) is 0 Å². The largest absolute Gasteiger partial charge is 0.495 e. The van der Waals surface area contributed by atoms with Gasteiger partial charge in [0.05, 0.1) is 19.3 Å². The number of imidazole rings is 1. The number of nitrogens with one attached hydrogen (secondary N) is 1. The van der Waals surface area contributed by atoms with Crippen LogP contribution in [0.5, 0.6) is 5.75 Å². The van der Waals surface area contributed by atoms with Crippen LogP contribution in [0, 0.1) is 20.8 Å². The Kier molecular flexibility index (Phi) is 6.61. The Bertz CT molecular complexity index is 1380. The lowest BCUT2D eigenvalue weighted by Crippen LogP contribution is -2.49. The Labute approximate surface area is 211 Å². The monoisotopic (exact) mass is 484 g/mol. The molecule has 0 aliphatic carbocycles. The first-order chi connectivity index (χ1) is 17.4. The SMILES string of the molecule is COc1ccc(C)cc1NC(=O)N1CCN(Cc2nc3cccnc3n2-c2cc(C)cc(C)c2)CC1. The molecular formula is C28H32N6O2. The zero-order valence-corrected chi connectivity index (χ0v) is 21.3. The van der Waals surface area contributed by atoms with Gasteiger partial charge >= 0.3 is 6.03 Å². The second kappa shape index (κ2) is 9.99. The van der Waals surface area contributed by atoms with Gasteiger partial charge < -0.3 is 15.0 Å². The van der Waals surface area contributed by atoms with Crippen molar-refractivity contribution >= 4 is 22.9 Å². The molecule has 0 bridgehead atoms. The van der Waals surface area contributed by atoms with Crippen LogP contribution in [-0.2, 0) is 6.54 Å². The van der Waals surface area contributed by atoms with E-state index in [-0.39, 0.29) is 6.03 Å². The average Bonchev–Trinajstić information content (AvgIpc) is 3.22. The lowest BCUT2D eigenvalue weighted by atomic mass is 10.1. The van der Waals surface area contributed by atoms with Crippen molar-refractivity contribution in [3.8, 4) is 11.4 Å². The molecule has 0 atom stereocenters. The van der Waals surface area contributed by atoms with Crippen LogP contribution in [0.2, 0.25) is 0 Å². The van der Waals surface area contributed by atoms with Crippen LogP contribution in [0.1, 0.15) is 22.5 Å². The van der Waals surface area contributed by atoms with Crippen LogP contribution in [0.15, 0.2) is 54.7 Å². The summed E-state index contributed by atoms with van der Waals surface area (Å²) in [5.74, 6) is 1.61. The maximum absolute atomic E-state index is 12.9. The second-order valence-corrected chi connectivity index (χ2v) is 9.45. The summed E-state index contributed by atoms with van der Waals surface area (Å²) >= 11 is 0. The second-order valence-electron chi connectivity index (χ2n) is 9.45. The van der Waals surface area contributed by atoms with Gasteiger partial charge in [-0.05, 0) is 73.9 Å². The minimum absolute atomic E-state index is 0.106. The number of amides is 2. The number of pyridine rings is 1. The third kappa shape index (κ3) is 4.90. The molecule has 0 saturated carbocycles. The van der Waals surface area contributed by atoms with Gasteiger partial charge in [0, 0.05) is 38.1 Å². The number of urea groups is 1. The number of hydrogen-bond acceptors (Lipinski definition) is 5. The number of fused-ring (bicyclic) bond motifs is 1. The van der Waals surface area contributed by atoms with Gasteiger partial charge in [0.15, 0.2) is 5.65 Å². The Hall–Kier alpha value is -3.91. The topological polar surface area (TPSA) is 75.5 Å². The molecule has 4 aromatic rings. The Morgan fingerprint density at radius 2 is 1.72 bits per heavy atom. The van der Waals surface area contributed by atoms with Crippen molar-refractivity contribution in [1.29, 1.82) is 0 Å². The molecule has 0 radical (unpaired) electrons. The standard InChI is InChI=1S/C28H32N6O2/c1-19-7-8-25(36-4)24(17-19)31-28(35)33-12-10-32(11-13-33)18-26-30-23-6-5-9-29-27(23)34(26)22-15-20(2)14-21(3)16-22/h5-9,14-17H,10-13,18H2,1-4H3,(H,31,35). The van der Waals surface area contributed by atoms with Crippen molar-refractivity contribution in [2.45, 2.75) is 27.3 Å². The van der Waals surface area contributed by atoms with E-state index < -0.39 is 0 Å². The van der Waals surface area contributed by atoms with E-state index in [0.717, 1.165) is 41.3 Å². The molecule has 0 unspecified atom stereocenters. The third-order valence-electron chi connectivity index (χ3n) is 6.57. The summed E-state index contributed by atoms with van der Waals surface area (Å²) in [5.41, 5.74) is 7.00. The zero-order chi connectivity index (χ0) is 25.2. The number of nitrogens with zero attached hydrogens (tertiary/aromatic N) is 5. The Balaban J connectivity index is 1.31. The fourth-order valence-electron chi connectivity index (χ4n) is 4.84. The predicted octanol–water partition coefficient (Wildman–Crippen LogP) is 4.70. The highest BCUT2D eigenvalue weighted by Gasteiger charge is 2.24. The summed E-state index contributed by atoms with van der Waals surface area (Å²) in [7, 11) is 1.61. The summed E-state index contributed by atoms with van der Waals surface area (Å²) in [6, 6.07) is 16.1. The smallest absolute Gasteiger partial charge is 0.322 e. The van der Waals surface area contributed by atoms with Gasteiger partial charge in [-0.3, -0.25) is 9.47 Å². The average molecular weight is 485 g/mol. The van der Waals surface area contributed by atoms with Crippen LogP contribution in [-0.4, -0.2) is 63.7 Å². The molecule has 2 aromatic carbocycles. The van der Waals surface area contributed by atoms with Gasteiger partial charge in [0.1, 0.15) is 17.1 Å². The van der Waals surface area contributed by atoms with E-state index in [1.165, 1.54) is 11.1 Å². The van der Waals surface area contributed by atoms with Gasteiger partial charge in [-0.25, -0.2) is 14.8 Å². The molecule has 5 rings (SSSR count). The van der Waals surface area contributed by atoms with E-state index in [4.69, 9.17) is 9.72 Å². The van der Waals surface area contributed by atoms with Gasteiger partial charge in [-0.15, -0.1) is 0 Å². The molecule has 2 aromatic heterocycles. The molecule has 36 heavy (non-hydrogen) atoms. The minimum atomic E-state index is -0.106. The number of anilines is 1. The van der Waals surface area contributed by atoms with Crippen LogP contribution in [0.25, 0.3) is 16.9 Å². The van der Waals surface area contributed by atoms with Gasteiger partial charge in [0.2, 0.25) is 0 Å². The normalized spacial score (nSPS) is 14.3. The zero-order valence-electron chi connectivity index (χ0n) is 21.3. The molecule has 8 heteroatoms. The van der Waals surface area contributed by atoms with E-state index in [0.29, 0.717) is 31.1 Å². The Morgan fingerprint density at radius 3 is 2.44 bits per heavy atom. The summed E-state index contributed by atoms with van der Waals surface area (Å²) in [5, 5.41) is 3.01. The van der Waals surface area contributed by atoms with E-state index in [1.807, 2.05) is 48.4 Å². The molecule has 1 aliphatic heterocycles. The fraction of sp³-hybridized carbons (Fsp3) is 0.321. The summed E-state index contributed by atoms with van der Waals surface area (Å²) in [4.78, 5) is 26.7. The highest BCUT2D eigenvalue weighted by molar-refractivity contribution is 5.91. The Morgan fingerprint density at radius 1 is 0.972 bits per heavy atom. The van der Waals surface area contributed by atoms with E-state index in [1.54, 1.807) is 7.11 Å². The van der Waals surface area contributed by atoms with Crippen molar-refractivity contribution in [2.24, 2.45) is 0 Å². The number of carbonyl (C=O) groups is 1. The molecular weight excluding hydrogens is 452 g/mol. The number of aromatic nitrogens is 3. The maximum Gasteiger partial charge on any atom is 0.322 e. The predicted molar refractivity (Wildman–Crippen MR) is 142 cm³/mol. The molecule has 1 saturated heterocycles. The number of benzene rings is 2. The van der Waals surface area contributed by atoms with Gasteiger partial charge in [-0.1, -0.05) is 12.1 Å². The van der Waals surface area contributed by atoms with Crippen LogP contribution in [0.4, 0.5) is 10.5 Å². The number of hydrogen-bond donors (Lipinski definition) is 1. The number of ether oxygens (including phenoxy) is 1. The van der Waals surface area contributed by atoms with Gasteiger partial charge in [-0.2, -0.15) is 0 Å². The first-order valence-electron chi connectivity index (χ1n) is 12.3. The summed E-state index contributed by atoms with van der Waals surface area (Å²) < 4.78 is 7.57. The number of methoxy groups -OCH3 is 1. The maximum atomic E-state index is 12.9.